The first-order valence-corrected chi connectivity index (χ1v) is 7.59. The van der Waals surface area contributed by atoms with E-state index in [9.17, 15) is 0 Å². The Morgan fingerprint density at radius 1 is 1.24 bits per heavy atom. The molecule has 2 N–H and O–H groups in total. The predicted molar refractivity (Wildman–Crippen MR) is 89.4 cm³/mol. The third-order valence-corrected chi connectivity index (χ3v) is 2.89. The fourth-order valence-corrected chi connectivity index (χ4v) is 1.85. The van der Waals surface area contributed by atoms with Gasteiger partial charge in [0.25, 0.3) is 0 Å². The first-order valence-electron chi connectivity index (χ1n) is 7.59. The van der Waals surface area contributed by atoms with E-state index in [-0.39, 0.29) is 0 Å². The fourth-order valence-electron chi connectivity index (χ4n) is 1.85. The zero-order valence-corrected chi connectivity index (χ0v) is 13.2. The average Bonchev–Trinajstić information content (AvgIpc) is 2.51. The molecule has 0 aromatic heterocycles. The summed E-state index contributed by atoms with van der Waals surface area (Å²) in [6, 6.07) is 8.28. The maximum absolute atomic E-state index is 5.64. The normalized spacial score (nSPS) is 11.2. The summed E-state index contributed by atoms with van der Waals surface area (Å²) in [5.74, 6) is 0.807. The third kappa shape index (κ3) is 6.95. The number of hydrogen-bond acceptors (Lipinski definition) is 2. The van der Waals surface area contributed by atoms with Crippen LogP contribution in [0.5, 0.6) is 0 Å². The first kappa shape index (κ1) is 17.2. The second-order valence-corrected chi connectivity index (χ2v) is 4.69. The van der Waals surface area contributed by atoms with Gasteiger partial charge in [-0.15, -0.1) is 6.58 Å². The van der Waals surface area contributed by atoms with Gasteiger partial charge in [-0.05, 0) is 24.5 Å². The lowest BCUT2D eigenvalue weighted by molar-refractivity contribution is 0.121. The lowest BCUT2D eigenvalue weighted by Crippen LogP contribution is -2.37. The van der Waals surface area contributed by atoms with Crippen molar-refractivity contribution < 1.29 is 4.74 Å². The molecule has 4 nitrogen and oxygen atoms in total. The molecule has 116 valence electrons. The molecule has 21 heavy (non-hydrogen) atoms. The van der Waals surface area contributed by atoms with Crippen molar-refractivity contribution in [3.63, 3.8) is 0 Å². The van der Waals surface area contributed by atoms with E-state index in [1.165, 1.54) is 11.1 Å². The molecule has 0 spiro atoms. The highest BCUT2D eigenvalue weighted by molar-refractivity contribution is 5.79. The molecular formula is C17H27N3O. The molecule has 0 amide bonds. The van der Waals surface area contributed by atoms with E-state index in [4.69, 9.17) is 4.74 Å². The highest BCUT2D eigenvalue weighted by atomic mass is 16.5. The van der Waals surface area contributed by atoms with Crippen LogP contribution in [0.2, 0.25) is 0 Å². The van der Waals surface area contributed by atoms with Gasteiger partial charge in [-0.1, -0.05) is 37.3 Å². The summed E-state index contributed by atoms with van der Waals surface area (Å²) in [5.41, 5.74) is 2.40. The number of nitrogens with zero attached hydrogens (tertiary/aromatic N) is 1. The molecular weight excluding hydrogens is 262 g/mol. The van der Waals surface area contributed by atoms with Crippen molar-refractivity contribution in [1.82, 2.24) is 10.6 Å². The zero-order chi connectivity index (χ0) is 15.3. The second kappa shape index (κ2) is 10.9. The molecule has 0 radical (unpaired) electrons. The lowest BCUT2D eigenvalue weighted by Gasteiger charge is -2.11. The number of aliphatic imine (C=N–C) groups is 1. The minimum atomic E-state index is 0.637. The van der Waals surface area contributed by atoms with Crippen LogP contribution in [0.25, 0.3) is 0 Å². The van der Waals surface area contributed by atoms with E-state index in [0.717, 1.165) is 25.5 Å². The van der Waals surface area contributed by atoms with Crippen LogP contribution in [0, 0.1) is 0 Å². The standard InChI is InChI=1S/C17H27N3O/c1-4-11-19-17(18-6-3)20-13-15-9-7-8-10-16(15)14-21-12-5-2/h4,7-10H,1,5-6,11-14H2,2-3H3,(H2,18,19,20). The molecule has 0 unspecified atom stereocenters. The van der Waals surface area contributed by atoms with Crippen molar-refractivity contribution in [1.29, 1.82) is 0 Å². The van der Waals surface area contributed by atoms with Crippen molar-refractivity contribution in [2.45, 2.75) is 33.4 Å². The van der Waals surface area contributed by atoms with E-state index in [0.29, 0.717) is 19.7 Å². The largest absolute Gasteiger partial charge is 0.377 e. The molecule has 1 aromatic carbocycles. The molecule has 4 heteroatoms. The summed E-state index contributed by atoms with van der Waals surface area (Å²) in [4.78, 5) is 4.60. The average molecular weight is 289 g/mol. The summed E-state index contributed by atoms with van der Waals surface area (Å²) < 4.78 is 5.64. The van der Waals surface area contributed by atoms with Crippen LogP contribution in [0.3, 0.4) is 0 Å². The van der Waals surface area contributed by atoms with Crippen LogP contribution in [0.1, 0.15) is 31.4 Å². The Hall–Kier alpha value is -1.81. The molecule has 1 rings (SSSR count). The maximum atomic E-state index is 5.64. The topological polar surface area (TPSA) is 45.7 Å². The molecule has 1 aromatic rings. The van der Waals surface area contributed by atoms with Crippen molar-refractivity contribution in [2.24, 2.45) is 4.99 Å². The van der Waals surface area contributed by atoms with Gasteiger partial charge in [0.05, 0.1) is 13.2 Å². The Balaban J connectivity index is 2.68. The van der Waals surface area contributed by atoms with Crippen molar-refractivity contribution in [3.8, 4) is 0 Å². The van der Waals surface area contributed by atoms with E-state index < -0.39 is 0 Å². The van der Waals surface area contributed by atoms with E-state index in [2.05, 4.69) is 48.2 Å². The van der Waals surface area contributed by atoms with Crippen molar-refractivity contribution in [3.05, 3.63) is 48.0 Å². The first-order chi connectivity index (χ1) is 10.3. The predicted octanol–water partition coefficient (Wildman–Crippen LogP) is 2.85. The van der Waals surface area contributed by atoms with Gasteiger partial charge < -0.3 is 15.4 Å². The quantitative estimate of drug-likeness (QED) is 0.318. The van der Waals surface area contributed by atoms with Crippen LogP contribution < -0.4 is 10.6 Å². The van der Waals surface area contributed by atoms with E-state index in [1.54, 1.807) is 0 Å². The minimum absolute atomic E-state index is 0.637. The van der Waals surface area contributed by atoms with Crippen molar-refractivity contribution in [2.75, 3.05) is 19.7 Å². The summed E-state index contributed by atoms with van der Waals surface area (Å²) in [5, 5.41) is 6.42. The van der Waals surface area contributed by atoms with Crippen LogP contribution >= 0.6 is 0 Å². The van der Waals surface area contributed by atoms with Crippen LogP contribution in [0.15, 0.2) is 41.9 Å². The van der Waals surface area contributed by atoms with Gasteiger partial charge in [-0.25, -0.2) is 4.99 Å². The highest BCUT2D eigenvalue weighted by Gasteiger charge is 2.02. The number of nitrogens with one attached hydrogen (secondary N) is 2. The van der Waals surface area contributed by atoms with Gasteiger partial charge in [0.15, 0.2) is 5.96 Å². The molecule has 0 fully saturated rings. The van der Waals surface area contributed by atoms with E-state index in [1.807, 2.05) is 18.2 Å². The molecule has 0 saturated carbocycles. The Morgan fingerprint density at radius 3 is 2.67 bits per heavy atom. The highest BCUT2D eigenvalue weighted by Crippen LogP contribution is 2.11. The van der Waals surface area contributed by atoms with Gasteiger partial charge in [0.2, 0.25) is 0 Å². The summed E-state index contributed by atoms with van der Waals surface area (Å²) >= 11 is 0. The van der Waals surface area contributed by atoms with E-state index >= 15 is 0 Å². The molecule has 0 heterocycles. The molecule has 0 aliphatic carbocycles. The zero-order valence-electron chi connectivity index (χ0n) is 13.2. The van der Waals surface area contributed by atoms with Gasteiger partial charge >= 0.3 is 0 Å². The lowest BCUT2D eigenvalue weighted by atomic mass is 10.1. The fraction of sp³-hybridized carbons (Fsp3) is 0.471. The van der Waals surface area contributed by atoms with Gasteiger partial charge in [-0.3, -0.25) is 0 Å². The summed E-state index contributed by atoms with van der Waals surface area (Å²) in [6.45, 7) is 11.5. The van der Waals surface area contributed by atoms with Crippen LogP contribution in [-0.4, -0.2) is 25.7 Å². The Morgan fingerprint density at radius 2 is 2.00 bits per heavy atom. The van der Waals surface area contributed by atoms with Gasteiger partial charge in [0.1, 0.15) is 0 Å². The smallest absolute Gasteiger partial charge is 0.191 e. The number of guanidine groups is 1. The number of benzene rings is 1. The van der Waals surface area contributed by atoms with Gasteiger partial charge in [0, 0.05) is 19.7 Å². The Bertz CT molecular complexity index is 443. The number of rotatable bonds is 9. The molecule has 0 saturated heterocycles. The van der Waals surface area contributed by atoms with Crippen LogP contribution in [0.4, 0.5) is 0 Å². The monoisotopic (exact) mass is 289 g/mol. The van der Waals surface area contributed by atoms with Crippen LogP contribution in [-0.2, 0) is 17.9 Å². The van der Waals surface area contributed by atoms with Crippen molar-refractivity contribution >= 4 is 5.96 Å². The number of ether oxygens (including phenoxy) is 1. The third-order valence-electron chi connectivity index (χ3n) is 2.89. The maximum Gasteiger partial charge on any atom is 0.191 e. The number of hydrogen-bond donors (Lipinski definition) is 2. The molecule has 0 bridgehead atoms. The summed E-state index contributed by atoms with van der Waals surface area (Å²) in [6.07, 6.45) is 2.86. The Labute approximate surface area is 128 Å². The minimum Gasteiger partial charge on any atom is -0.377 e. The SMILES string of the molecule is C=CCNC(=NCc1ccccc1COCCC)NCC. The molecule has 0 atom stereocenters. The summed E-state index contributed by atoms with van der Waals surface area (Å²) in [7, 11) is 0. The second-order valence-electron chi connectivity index (χ2n) is 4.69. The molecule has 0 aliphatic heterocycles. The molecule has 0 aliphatic rings. The Kier molecular flexibility index (Phi) is 8.96. The van der Waals surface area contributed by atoms with Gasteiger partial charge in [-0.2, -0.15) is 0 Å².